The number of ketones is 1. The topological polar surface area (TPSA) is 364 Å². The fourth-order valence-electron chi connectivity index (χ4n) is 15.0. The van der Waals surface area contributed by atoms with Crippen LogP contribution < -0.4 is 26.6 Å². The molecule has 6 fully saturated rings. The summed E-state index contributed by atoms with van der Waals surface area (Å²) in [4.78, 5) is 138. The number of alkyl carbamates (subject to hydrolysis) is 1. The van der Waals surface area contributed by atoms with Crippen LogP contribution in [0, 0.1) is 22.7 Å². The molecule has 7 N–H and O–H groups in total. The van der Waals surface area contributed by atoms with Gasteiger partial charge in [0, 0.05) is 72.3 Å². The van der Waals surface area contributed by atoms with Crippen LogP contribution in [0.5, 0.6) is 0 Å². The zero-order valence-corrected chi connectivity index (χ0v) is 65.0. The molecule has 27 nitrogen and oxygen atoms in total. The molecule has 2 aromatic rings. The molecule has 610 valence electrons. The van der Waals surface area contributed by atoms with Crippen LogP contribution in [0.4, 0.5) is 35.9 Å². The number of carbonyl (C=O) groups is 10. The number of unbranched alkanes of at least 4 members (excludes halogenated alkanes) is 1. The average molecular weight is 1620 g/mol. The molecule has 4 aliphatic carbocycles. The predicted octanol–water partition coefficient (Wildman–Crippen LogP) is 8.14. The summed E-state index contributed by atoms with van der Waals surface area (Å²) in [5.74, 6) is -10.4. The number of halogens is 6. The highest BCUT2D eigenvalue weighted by Crippen LogP contribution is 2.65. The van der Waals surface area contributed by atoms with Gasteiger partial charge in [-0.3, -0.25) is 28.8 Å². The number of thioether (sulfide) groups is 1. The fraction of sp³-hybridized carbons (Fsp3) is 0.676. The van der Waals surface area contributed by atoms with Crippen LogP contribution >= 0.6 is 33.3 Å². The van der Waals surface area contributed by atoms with Gasteiger partial charge in [0.15, 0.2) is 23.5 Å². The maximum absolute atomic E-state index is 16.1. The van der Waals surface area contributed by atoms with Gasteiger partial charge in [0.05, 0.1) is 99.2 Å². The number of rotatable bonds is 35. The zero-order valence-electron chi connectivity index (χ0n) is 62.5. The SMILES string of the molecule is CC(=O)O[C@@]12CO[C@@H]1C[C@H](O)[C@@]1(C)C(=O)[C@H](OC(=O)C3CC3)C3=C(C)[C@@H](OC(=O)[C@H](OC(=O)Cc4ccccc4SSC(C)CCC(=O)NCCOCCOCCOCCNC(=O)CCCC[C@@H]4SC[C@@H]5NC(=O)N[C@@H]54)[C@H](NC(=O)OC(C)(C)C)C([19F])([19F])[19F])C[C@@](O)([C@@H](OC(=O)c4cccc(C([19F])([19F])[19F])c4)[C@H]21)C3(C)C. The Morgan fingerprint density at radius 2 is 1.48 bits per heavy atom. The molecule has 0 aromatic heterocycles. The van der Waals surface area contributed by atoms with Gasteiger partial charge in [0.25, 0.3) is 0 Å². The second-order valence-electron chi connectivity index (χ2n) is 30.3. The van der Waals surface area contributed by atoms with Crippen molar-refractivity contribution in [3.05, 3.63) is 76.4 Å². The van der Waals surface area contributed by atoms with Crippen LogP contribution in [0.1, 0.15) is 148 Å². The Morgan fingerprint density at radius 1 is 0.827 bits per heavy atom. The summed E-state index contributed by atoms with van der Waals surface area (Å²) < 4.78 is 148. The van der Waals surface area contributed by atoms with Crippen LogP contribution in [-0.2, 0) is 93.5 Å². The molecule has 2 bridgehead atoms. The van der Waals surface area contributed by atoms with E-state index in [-0.39, 0.29) is 79.1 Å². The van der Waals surface area contributed by atoms with E-state index in [1.165, 1.54) is 82.2 Å². The Hall–Kier alpha value is -6.93. The first-order chi connectivity index (χ1) is 51.7. The van der Waals surface area contributed by atoms with Crippen molar-refractivity contribution in [1.82, 2.24) is 26.6 Å². The van der Waals surface area contributed by atoms with Crippen molar-refractivity contribution < 1.29 is 132 Å². The van der Waals surface area contributed by atoms with Crippen LogP contribution in [0.2, 0.25) is 0 Å². The summed E-state index contributed by atoms with van der Waals surface area (Å²) in [6.45, 7) is 13.4. The Labute approximate surface area is 644 Å². The van der Waals surface area contributed by atoms with E-state index in [4.69, 9.17) is 47.4 Å². The average Bonchev–Trinajstić information content (AvgIpc) is 0.743. The number of fused-ring (bicyclic) bond motifs is 6. The molecule has 0 spiro atoms. The van der Waals surface area contributed by atoms with Crippen molar-refractivity contribution in [2.45, 2.75) is 232 Å². The Bertz CT molecular complexity index is 3730. The molecule has 3 aliphatic heterocycles. The molecule has 1 unspecified atom stereocenters. The van der Waals surface area contributed by atoms with E-state index in [2.05, 4.69) is 21.3 Å². The van der Waals surface area contributed by atoms with Crippen LogP contribution in [0.25, 0.3) is 0 Å². The Morgan fingerprint density at radius 3 is 2.10 bits per heavy atom. The van der Waals surface area contributed by atoms with Crippen molar-refractivity contribution in [2.24, 2.45) is 22.7 Å². The number of Topliss-reactive ketones (excluding diaryl/α,β-unsaturated/α-hetero) is 1. The van der Waals surface area contributed by atoms with E-state index in [0.29, 0.717) is 74.3 Å². The van der Waals surface area contributed by atoms with Gasteiger partial charge in [-0.1, -0.05) is 73.0 Å². The number of ether oxygens (including phenoxy) is 10. The largest absolute Gasteiger partial charge is 0.455 e. The number of alkyl halides is 6. The normalized spacial score (nSPS) is 27.6. The monoisotopic (exact) mass is 1620 g/mol. The maximum Gasteiger partial charge on any atom is 0.416 e. The molecule has 15 atom stereocenters. The minimum absolute atomic E-state index is 0.0476. The number of nitrogens with one attached hydrogen (secondary N) is 5. The van der Waals surface area contributed by atoms with Gasteiger partial charge in [0.1, 0.15) is 29.5 Å². The molecule has 0 radical (unpaired) electrons. The molecular weight excluding hydrogens is 1520 g/mol. The van der Waals surface area contributed by atoms with Crippen LogP contribution in [-0.4, -0.2) is 223 Å². The number of amides is 5. The summed E-state index contributed by atoms with van der Waals surface area (Å²) in [5, 5.41) is 39.7. The van der Waals surface area contributed by atoms with Crippen LogP contribution in [0.3, 0.4) is 0 Å². The lowest BCUT2D eigenvalue weighted by atomic mass is 9.44. The molecule has 110 heavy (non-hydrogen) atoms. The Kier molecular flexibility index (Phi) is 28.9. The summed E-state index contributed by atoms with van der Waals surface area (Å²) in [6.07, 6.45) is -23.9. The summed E-state index contributed by atoms with van der Waals surface area (Å²) in [5.41, 5.74) is -13.7. The molecule has 3 saturated heterocycles. The molecule has 9 rings (SSSR count). The van der Waals surface area contributed by atoms with E-state index >= 15 is 22.8 Å². The standard InChI is InChI=1S/C74H97F6N5O22S3/c1-39(21-24-53(89)82-26-28-99-30-32-100-31-29-98-27-25-81-52(88)20-13-12-19-49-56-46(37-108-49)83-66(95)84-56)109-110-48-18-11-10-15-43(48)34-54(90)103-58(60(74(78,79)80)85-67(96)107-68(4,5)6)65(94)102-47-36-72(97)62(105-64(93)44-16-14-17-45(33-44)73(75,76)77)59-70(9,50(87)35-51-71(59,38-101-51)106-41(3)86)61(91)57(104-63(92)42-22-23-42)55(40(47)2)69(72,7)8/h10-11,14-18,33,39,42,46-47,49-51,56-60,62,87,97H,12-13,19-32,34-38H2,1-9H3,(H,81,88)(H,82,89)(H,85,96)(H2,83,84,95)/t39?,46-,47-,49-,50-,51+,56-,57+,58+,59-,60-,62-,70+,71-,72+/m0/s1/i75+0,76+0,77+0,78+0,79+0,80+0. The van der Waals surface area contributed by atoms with Gasteiger partial charge in [0.2, 0.25) is 17.9 Å². The third-order valence-corrected chi connectivity index (χ3v) is 25.4. The number of aliphatic hydroxyl groups is 2. The molecular formula is C74H97F6N5O22S3. The summed E-state index contributed by atoms with van der Waals surface area (Å²) >= 11 is 1.85. The molecule has 3 saturated carbocycles. The first-order valence-corrected chi connectivity index (χ1v) is 39.8. The highest BCUT2D eigenvalue weighted by Gasteiger charge is 2.79. The molecule has 5 amide bonds. The van der Waals surface area contributed by atoms with E-state index < -0.39 is 179 Å². The third kappa shape index (κ3) is 21.1. The van der Waals surface area contributed by atoms with Gasteiger partial charge in [-0.15, -0.1) is 0 Å². The van der Waals surface area contributed by atoms with Crippen LogP contribution in [0.15, 0.2) is 64.6 Å². The fourth-order valence-corrected chi connectivity index (χ4v) is 18.9. The maximum atomic E-state index is 16.1. The predicted molar refractivity (Wildman–Crippen MR) is 384 cm³/mol. The van der Waals surface area contributed by atoms with E-state index in [9.17, 15) is 61.7 Å². The first kappa shape index (κ1) is 87.0. The molecule has 3 heterocycles. The lowest BCUT2D eigenvalue weighted by Gasteiger charge is -2.67. The first-order valence-electron chi connectivity index (χ1n) is 36.6. The lowest BCUT2D eigenvalue weighted by Crippen LogP contribution is -2.82. The molecule has 7 aliphatic rings. The lowest BCUT2D eigenvalue weighted by molar-refractivity contribution is -0.346. The second kappa shape index (κ2) is 36.5. The highest BCUT2D eigenvalue weighted by molar-refractivity contribution is 8.77. The van der Waals surface area contributed by atoms with Gasteiger partial charge in [-0.05, 0) is 108 Å². The van der Waals surface area contributed by atoms with Crippen molar-refractivity contribution in [2.75, 3.05) is 65.1 Å². The number of hydrogen-bond donors (Lipinski definition) is 7. The number of hydrogen-bond acceptors (Lipinski definition) is 25. The number of urea groups is 1. The summed E-state index contributed by atoms with van der Waals surface area (Å²) in [7, 11) is 2.47. The molecule has 36 heteroatoms. The van der Waals surface area contributed by atoms with Gasteiger partial charge in [-0.25, -0.2) is 19.2 Å². The number of carbonyl (C=O) groups excluding carboxylic acids is 10. The number of esters is 5. The van der Waals surface area contributed by atoms with Gasteiger partial charge >= 0.3 is 54.3 Å². The van der Waals surface area contributed by atoms with Crippen molar-refractivity contribution in [3.63, 3.8) is 0 Å². The Balaban J connectivity index is 0.844. The van der Waals surface area contributed by atoms with Gasteiger partial charge in [-0.2, -0.15) is 38.1 Å². The van der Waals surface area contributed by atoms with E-state index in [1.807, 2.05) is 18.7 Å². The minimum Gasteiger partial charge on any atom is -0.455 e. The highest BCUT2D eigenvalue weighted by atomic mass is 33.1. The quantitative estimate of drug-likeness (QED) is 0.00651. The van der Waals surface area contributed by atoms with E-state index in [0.717, 1.165) is 44.1 Å². The molecule has 2 aromatic carbocycles. The number of aliphatic hydroxyl groups excluding tert-OH is 1. The van der Waals surface area contributed by atoms with Crippen molar-refractivity contribution in [1.29, 1.82) is 0 Å². The minimum atomic E-state index is -5.69. The zero-order chi connectivity index (χ0) is 80.5. The summed E-state index contributed by atoms with van der Waals surface area (Å²) in [6, 6.07) is 5.83. The van der Waals surface area contributed by atoms with E-state index in [1.54, 1.807) is 17.4 Å². The van der Waals surface area contributed by atoms with Gasteiger partial charge < -0.3 is 84.2 Å². The smallest absolute Gasteiger partial charge is 0.416 e. The van der Waals surface area contributed by atoms with Crippen molar-refractivity contribution in [3.8, 4) is 0 Å². The third-order valence-electron chi connectivity index (χ3n) is 20.9. The van der Waals surface area contributed by atoms with Crippen molar-refractivity contribution >= 4 is 92.9 Å². The second-order valence-corrected chi connectivity index (χ2v) is 34.2. The number of benzene rings is 2.